The maximum absolute atomic E-state index is 12.2. The quantitative estimate of drug-likeness (QED) is 0.0394. The minimum atomic E-state index is -5.08. The monoisotopic (exact) mass is 655 g/mol. The molecule has 2 rings (SSSR count). The average Bonchev–Trinajstić information content (AvgIpc) is 2.97. The van der Waals surface area contributed by atoms with Gasteiger partial charge in [-0.05, 0) is 63.5 Å². The van der Waals surface area contributed by atoms with Crippen molar-refractivity contribution in [3.05, 3.63) is 48.6 Å². The van der Waals surface area contributed by atoms with Crippen LogP contribution in [0.25, 0.3) is 0 Å². The Hall–Kier alpha value is -2.11. The van der Waals surface area contributed by atoms with Crippen LogP contribution in [0.1, 0.15) is 97.3 Å². The lowest BCUT2D eigenvalue weighted by Gasteiger charge is -2.35. The van der Waals surface area contributed by atoms with Crippen LogP contribution in [0.5, 0.6) is 0 Å². The molecule has 0 bridgehead atoms. The molecule has 0 spiro atoms. The van der Waals surface area contributed by atoms with Gasteiger partial charge in [0.25, 0.3) is 0 Å². The SMILES string of the molecule is CCCCCCCC(=O)O[C@H]1CCC[C@@H](/C=C\C=C/[C@H](O)C[C@H](OP(=O)(O)O)[C@](O)(/C=C/[C@H]2OC(=O)C=C[C@@H]2CC)CCN)C1. The molecule has 1 aliphatic heterocycles. The zero-order valence-electron chi connectivity index (χ0n) is 26.7. The normalized spacial score (nSPS) is 25.4. The van der Waals surface area contributed by atoms with E-state index in [2.05, 4.69) is 6.92 Å². The summed E-state index contributed by atoms with van der Waals surface area (Å²) in [5.74, 6) is -0.604. The fourth-order valence-corrected chi connectivity index (χ4v) is 6.36. The number of rotatable bonds is 20. The maximum atomic E-state index is 12.2. The van der Waals surface area contributed by atoms with Crippen molar-refractivity contribution in [1.82, 2.24) is 0 Å². The topological polar surface area (TPSA) is 186 Å². The van der Waals surface area contributed by atoms with Gasteiger partial charge in [0.05, 0.1) is 6.10 Å². The van der Waals surface area contributed by atoms with E-state index in [0.29, 0.717) is 12.8 Å². The van der Waals surface area contributed by atoms with Crippen LogP contribution < -0.4 is 5.73 Å². The van der Waals surface area contributed by atoms with Crippen molar-refractivity contribution in [1.29, 1.82) is 0 Å². The van der Waals surface area contributed by atoms with Gasteiger partial charge in [-0.15, -0.1) is 0 Å². The van der Waals surface area contributed by atoms with Gasteiger partial charge < -0.3 is 35.2 Å². The molecule has 1 fully saturated rings. The summed E-state index contributed by atoms with van der Waals surface area (Å²) < 4.78 is 27.8. The van der Waals surface area contributed by atoms with Crippen LogP contribution in [-0.4, -0.2) is 68.5 Å². The number of esters is 2. The molecule has 0 saturated heterocycles. The van der Waals surface area contributed by atoms with Gasteiger partial charge in [-0.1, -0.05) is 76.0 Å². The molecule has 1 saturated carbocycles. The second-order valence-corrected chi connectivity index (χ2v) is 13.3. The molecule has 11 nitrogen and oxygen atoms in total. The van der Waals surface area contributed by atoms with E-state index in [4.69, 9.17) is 19.7 Å². The standard InChI is InChI=1S/C33H54NO10P/c1-3-5-6-7-8-16-31(36)42-28-15-11-13-25(23-28)12-9-10-14-27(35)24-30(44-45(39,40)41)33(38,21-22-34)20-19-29-26(4-2)17-18-32(37)43-29/h9-10,12,14,17-20,25-30,35,38H,3-8,11,13,15-16,21-24,34H2,1-2H3,(H2,39,40,41)/b12-9-,14-10-,20-19+/t25-,26+,27+,28+,29-,30+,33+/m1/s1. The lowest BCUT2D eigenvalue weighted by atomic mass is 9.86. The lowest BCUT2D eigenvalue weighted by Crippen LogP contribution is -2.45. The zero-order valence-corrected chi connectivity index (χ0v) is 27.6. The number of aliphatic hydroxyl groups excluding tert-OH is 1. The van der Waals surface area contributed by atoms with Crippen molar-refractivity contribution in [3.63, 3.8) is 0 Å². The molecule has 0 aromatic heterocycles. The van der Waals surface area contributed by atoms with E-state index >= 15 is 0 Å². The summed E-state index contributed by atoms with van der Waals surface area (Å²) >= 11 is 0. The first-order valence-electron chi connectivity index (χ1n) is 16.4. The van der Waals surface area contributed by atoms with Gasteiger partial charge in [0.1, 0.15) is 23.9 Å². The van der Waals surface area contributed by atoms with Crippen molar-refractivity contribution in [2.45, 2.75) is 127 Å². The first-order valence-corrected chi connectivity index (χ1v) is 17.9. The molecular weight excluding hydrogens is 601 g/mol. The van der Waals surface area contributed by atoms with Crippen LogP contribution in [0, 0.1) is 11.8 Å². The van der Waals surface area contributed by atoms with Crippen LogP contribution in [-0.2, 0) is 28.2 Å². The van der Waals surface area contributed by atoms with Gasteiger partial charge >= 0.3 is 19.8 Å². The van der Waals surface area contributed by atoms with Crippen molar-refractivity contribution < 1.29 is 48.2 Å². The van der Waals surface area contributed by atoms with Crippen LogP contribution in [0.2, 0.25) is 0 Å². The summed E-state index contributed by atoms with van der Waals surface area (Å²) in [6, 6.07) is 0. The van der Waals surface area contributed by atoms with Gasteiger partial charge in [-0.3, -0.25) is 9.32 Å². The number of nitrogens with two attached hydrogens (primary N) is 1. The highest BCUT2D eigenvalue weighted by molar-refractivity contribution is 7.46. The highest BCUT2D eigenvalue weighted by Crippen LogP contribution is 2.42. The number of carbonyl (C=O) groups is 2. The third-order valence-corrected chi connectivity index (χ3v) is 8.83. The fourth-order valence-electron chi connectivity index (χ4n) is 5.76. The Labute approximate surface area is 267 Å². The predicted molar refractivity (Wildman–Crippen MR) is 172 cm³/mol. The Balaban J connectivity index is 2.00. The van der Waals surface area contributed by atoms with E-state index < -0.39 is 37.7 Å². The van der Waals surface area contributed by atoms with Crippen LogP contribution in [0.4, 0.5) is 0 Å². The van der Waals surface area contributed by atoms with E-state index in [1.165, 1.54) is 30.7 Å². The summed E-state index contributed by atoms with van der Waals surface area (Å²) in [6.07, 6.45) is 18.6. The summed E-state index contributed by atoms with van der Waals surface area (Å²) in [4.78, 5) is 43.2. The summed E-state index contributed by atoms with van der Waals surface area (Å²) in [6.45, 7) is 4.02. The first-order chi connectivity index (χ1) is 21.4. The van der Waals surface area contributed by atoms with Gasteiger partial charge in [0, 0.05) is 24.8 Å². The molecule has 0 aromatic rings. The lowest BCUT2D eigenvalue weighted by molar-refractivity contribution is -0.151. The highest BCUT2D eigenvalue weighted by Gasteiger charge is 2.40. The first kappa shape index (κ1) is 39.1. The number of phosphoric acid groups is 1. The molecule has 0 radical (unpaired) electrons. The second-order valence-electron chi connectivity index (χ2n) is 12.1. The fraction of sp³-hybridized carbons (Fsp3) is 0.697. The van der Waals surface area contributed by atoms with Crippen molar-refractivity contribution in [3.8, 4) is 0 Å². The smallest absolute Gasteiger partial charge is 0.462 e. The molecule has 256 valence electrons. The number of carbonyl (C=O) groups excluding carboxylic acids is 2. The molecular formula is C33H54NO10P. The van der Waals surface area contributed by atoms with Gasteiger partial charge in [0.2, 0.25) is 0 Å². The van der Waals surface area contributed by atoms with Crippen LogP contribution in [0.3, 0.4) is 0 Å². The summed E-state index contributed by atoms with van der Waals surface area (Å²) in [5, 5.41) is 22.2. The van der Waals surface area contributed by atoms with Gasteiger partial charge in [0.15, 0.2) is 0 Å². The highest BCUT2D eigenvalue weighted by atomic mass is 31.2. The zero-order chi connectivity index (χ0) is 33.3. The Kier molecular flexibility index (Phi) is 17.5. The Bertz CT molecular complexity index is 1070. The molecule has 0 aromatic carbocycles. The number of hydrogen-bond acceptors (Lipinski definition) is 9. The maximum Gasteiger partial charge on any atom is 0.469 e. The van der Waals surface area contributed by atoms with Gasteiger partial charge in [-0.25, -0.2) is 9.36 Å². The molecule has 2 aliphatic rings. The number of cyclic esters (lactones) is 1. The molecule has 12 heteroatoms. The molecule has 1 heterocycles. The summed E-state index contributed by atoms with van der Waals surface area (Å²) in [7, 11) is -5.08. The minimum absolute atomic E-state index is 0.0469. The third kappa shape index (κ3) is 15.4. The van der Waals surface area contributed by atoms with E-state index in [1.807, 2.05) is 13.0 Å². The molecule has 7 atom stereocenters. The molecule has 0 unspecified atom stereocenters. The van der Waals surface area contributed by atoms with E-state index in [9.17, 15) is 34.2 Å². The van der Waals surface area contributed by atoms with E-state index in [1.54, 1.807) is 18.2 Å². The number of ether oxygens (including phenoxy) is 2. The molecule has 1 aliphatic carbocycles. The van der Waals surface area contributed by atoms with Crippen molar-refractivity contribution >= 4 is 19.8 Å². The molecule has 6 N–H and O–H groups in total. The van der Waals surface area contributed by atoms with Gasteiger partial charge in [-0.2, -0.15) is 0 Å². The number of unbranched alkanes of at least 4 members (excludes halogenated alkanes) is 4. The second kappa shape index (κ2) is 20.2. The number of aliphatic hydroxyl groups is 2. The third-order valence-electron chi connectivity index (χ3n) is 8.30. The number of allylic oxidation sites excluding steroid dienone is 3. The number of phosphoric ester groups is 1. The van der Waals surface area contributed by atoms with Crippen LogP contribution in [0.15, 0.2) is 48.6 Å². The van der Waals surface area contributed by atoms with Crippen molar-refractivity contribution in [2.75, 3.05) is 6.54 Å². The minimum Gasteiger partial charge on any atom is -0.462 e. The van der Waals surface area contributed by atoms with E-state index in [0.717, 1.165) is 51.4 Å². The average molecular weight is 656 g/mol. The predicted octanol–water partition coefficient (Wildman–Crippen LogP) is 4.93. The largest absolute Gasteiger partial charge is 0.469 e. The van der Waals surface area contributed by atoms with Crippen molar-refractivity contribution in [2.24, 2.45) is 17.6 Å². The summed E-state index contributed by atoms with van der Waals surface area (Å²) in [5.41, 5.74) is 3.74. The Morgan fingerprint density at radius 1 is 1.18 bits per heavy atom. The van der Waals surface area contributed by atoms with E-state index in [-0.39, 0.29) is 43.3 Å². The molecule has 45 heavy (non-hydrogen) atoms. The Morgan fingerprint density at radius 3 is 2.62 bits per heavy atom. The molecule has 0 amide bonds. The van der Waals surface area contributed by atoms with Crippen LogP contribution >= 0.6 is 7.82 Å². The Morgan fingerprint density at radius 2 is 1.93 bits per heavy atom. The number of hydrogen-bond donors (Lipinski definition) is 5.